The second-order valence-electron chi connectivity index (χ2n) is 16.5. The lowest BCUT2D eigenvalue weighted by Gasteiger charge is -2.46. The molecular formula is C40H68N8O4. The van der Waals surface area contributed by atoms with Crippen molar-refractivity contribution in [3.8, 4) is 0 Å². The van der Waals surface area contributed by atoms with Gasteiger partial charge in [0.05, 0.1) is 38.5 Å². The highest BCUT2D eigenvalue weighted by Gasteiger charge is 2.40. The average Bonchev–Trinajstić information content (AvgIpc) is 3.22. The fourth-order valence-corrected chi connectivity index (χ4v) is 9.75. The van der Waals surface area contributed by atoms with E-state index in [1.807, 2.05) is 9.80 Å². The van der Waals surface area contributed by atoms with Crippen molar-refractivity contribution in [2.75, 3.05) is 78.8 Å². The molecule has 4 saturated carbocycles. The molecule has 4 amide bonds. The minimum absolute atomic E-state index is 0.0806. The monoisotopic (exact) mass is 725 g/mol. The number of urea groups is 2. The Hall–Kier alpha value is -2.60. The van der Waals surface area contributed by atoms with Crippen molar-refractivity contribution in [3.63, 3.8) is 0 Å². The third-order valence-corrected chi connectivity index (χ3v) is 12.9. The van der Waals surface area contributed by atoms with Gasteiger partial charge in [-0.2, -0.15) is 0 Å². The summed E-state index contributed by atoms with van der Waals surface area (Å²) in [5.74, 6) is 1.78. The first-order chi connectivity index (χ1) is 25.7. The van der Waals surface area contributed by atoms with Crippen LogP contribution < -0.4 is 0 Å². The summed E-state index contributed by atoms with van der Waals surface area (Å²) in [4.78, 5) is 53.6. The molecule has 0 unspecified atom stereocenters. The zero-order chi connectivity index (χ0) is 35.5. The number of ether oxygens (including phenoxy) is 2. The Morgan fingerprint density at radius 1 is 0.404 bits per heavy atom. The van der Waals surface area contributed by atoms with Crippen molar-refractivity contribution >= 4 is 24.0 Å². The van der Waals surface area contributed by atoms with Crippen LogP contribution in [0.15, 0.2) is 9.98 Å². The number of aliphatic imine (C=N–C) groups is 2. The second-order valence-corrected chi connectivity index (χ2v) is 16.5. The van der Waals surface area contributed by atoms with Gasteiger partial charge in [0, 0.05) is 64.4 Å². The van der Waals surface area contributed by atoms with E-state index in [1.165, 1.54) is 51.4 Å². The van der Waals surface area contributed by atoms with E-state index in [2.05, 4.69) is 19.6 Å². The van der Waals surface area contributed by atoms with Crippen molar-refractivity contribution in [1.29, 1.82) is 0 Å². The molecule has 0 aromatic rings. The van der Waals surface area contributed by atoms with Crippen molar-refractivity contribution in [2.24, 2.45) is 9.98 Å². The minimum Gasteiger partial charge on any atom is -0.378 e. The first-order valence-corrected chi connectivity index (χ1v) is 21.6. The number of piperazine rings is 1. The van der Waals surface area contributed by atoms with Crippen LogP contribution in [0.4, 0.5) is 9.59 Å². The molecule has 7 aliphatic rings. The molecule has 0 atom stereocenters. The Morgan fingerprint density at radius 3 is 1.04 bits per heavy atom. The van der Waals surface area contributed by atoms with Crippen molar-refractivity contribution in [1.82, 2.24) is 29.4 Å². The number of carbonyl (C=O) groups is 2. The number of nitrogens with zero attached hydrogens (tertiary/aromatic N) is 8. The molecule has 0 aromatic carbocycles. The zero-order valence-corrected chi connectivity index (χ0v) is 32.1. The summed E-state index contributed by atoms with van der Waals surface area (Å²) in [6.45, 7) is 7.94. The van der Waals surface area contributed by atoms with Gasteiger partial charge in [-0.15, -0.1) is 0 Å². The zero-order valence-electron chi connectivity index (χ0n) is 32.1. The summed E-state index contributed by atoms with van der Waals surface area (Å²) in [7, 11) is 0. The van der Waals surface area contributed by atoms with Crippen LogP contribution in [0.5, 0.6) is 0 Å². The smallest absolute Gasteiger partial charge is 0.327 e. The first kappa shape index (κ1) is 37.7. The summed E-state index contributed by atoms with van der Waals surface area (Å²) in [6, 6.07) is 1.05. The predicted molar refractivity (Wildman–Crippen MR) is 205 cm³/mol. The number of carbonyl (C=O) groups excluding carboxylic acids is 2. The molecule has 7 rings (SSSR count). The van der Waals surface area contributed by atoms with Crippen LogP contribution >= 0.6 is 0 Å². The lowest BCUT2D eigenvalue weighted by atomic mass is 9.94. The molecule has 52 heavy (non-hydrogen) atoms. The molecule has 3 heterocycles. The predicted octanol–water partition coefficient (Wildman–Crippen LogP) is 6.16. The molecule has 292 valence electrons. The van der Waals surface area contributed by atoms with E-state index in [1.54, 1.807) is 0 Å². The molecule has 4 aliphatic carbocycles. The van der Waals surface area contributed by atoms with E-state index in [0.29, 0.717) is 52.6 Å². The van der Waals surface area contributed by atoms with Crippen LogP contribution in [0, 0.1) is 0 Å². The molecule has 0 N–H and O–H groups in total. The highest BCUT2D eigenvalue weighted by atomic mass is 16.5. The van der Waals surface area contributed by atoms with Crippen LogP contribution in [0.3, 0.4) is 0 Å². The van der Waals surface area contributed by atoms with Gasteiger partial charge in [-0.3, -0.25) is 9.80 Å². The maximum Gasteiger partial charge on any atom is 0.327 e. The third-order valence-electron chi connectivity index (χ3n) is 12.9. The van der Waals surface area contributed by atoms with Crippen LogP contribution in [0.2, 0.25) is 0 Å². The molecule has 0 spiro atoms. The highest BCUT2D eigenvalue weighted by molar-refractivity contribution is 5.98. The van der Waals surface area contributed by atoms with Gasteiger partial charge in [0.15, 0.2) is 0 Å². The standard InChI is InChI=1S/C40H68N8O4/c49-39(47(35-17-9-3-10-18-35)37(43-25-29-51-30-26-43)41-33-13-5-1-6-14-33)45-21-23-46(24-22-45)40(50)48(36-19-11-4-12-20-36)38(44-27-31-52-32-28-44)42-34-15-7-2-8-16-34/h33-36H,1-32H2. The maximum absolute atomic E-state index is 14.9. The average molecular weight is 725 g/mol. The molecule has 0 aromatic heterocycles. The van der Waals surface area contributed by atoms with E-state index in [0.717, 1.165) is 115 Å². The van der Waals surface area contributed by atoms with E-state index < -0.39 is 0 Å². The van der Waals surface area contributed by atoms with E-state index in [-0.39, 0.29) is 36.2 Å². The minimum atomic E-state index is 0.0806. The fourth-order valence-electron chi connectivity index (χ4n) is 9.75. The van der Waals surface area contributed by atoms with Gasteiger partial charge in [0.2, 0.25) is 11.9 Å². The van der Waals surface area contributed by atoms with Gasteiger partial charge in [0.1, 0.15) is 0 Å². The highest BCUT2D eigenvalue weighted by Crippen LogP contribution is 2.30. The molecule has 3 saturated heterocycles. The fraction of sp³-hybridized carbons (Fsp3) is 0.900. The maximum atomic E-state index is 14.9. The van der Waals surface area contributed by atoms with Gasteiger partial charge >= 0.3 is 12.1 Å². The van der Waals surface area contributed by atoms with Crippen LogP contribution in [-0.4, -0.2) is 156 Å². The summed E-state index contributed by atoms with van der Waals surface area (Å²) in [6.07, 6.45) is 23.1. The topological polar surface area (TPSA) is 96.8 Å². The van der Waals surface area contributed by atoms with Gasteiger partial charge in [0.25, 0.3) is 0 Å². The molecule has 0 bridgehead atoms. The Balaban J connectivity index is 1.11. The van der Waals surface area contributed by atoms with Crippen molar-refractivity contribution in [3.05, 3.63) is 0 Å². The number of morpholine rings is 2. The van der Waals surface area contributed by atoms with E-state index in [4.69, 9.17) is 19.5 Å². The largest absolute Gasteiger partial charge is 0.378 e. The lowest BCUT2D eigenvalue weighted by Crippen LogP contribution is -2.63. The molecule has 12 heteroatoms. The van der Waals surface area contributed by atoms with E-state index in [9.17, 15) is 9.59 Å². The van der Waals surface area contributed by atoms with Gasteiger partial charge in [-0.1, -0.05) is 77.0 Å². The molecule has 0 radical (unpaired) electrons. The van der Waals surface area contributed by atoms with Crippen molar-refractivity contribution in [2.45, 2.75) is 153 Å². The molecule has 7 fully saturated rings. The van der Waals surface area contributed by atoms with Gasteiger partial charge in [-0.05, 0) is 51.4 Å². The summed E-state index contributed by atoms with van der Waals surface area (Å²) in [5, 5.41) is 0. The van der Waals surface area contributed by atoms with Gasteiger partial charge < -0.3 is 29.1 Å². The van der Waals surface area contributed by atoms with Crippen LogP contribution in [0.1, 0.15) is 128 Å². The summed E-state index contributed by atoms with van der Waals surface area (Å²) in [5.41, 5.74) is 0. The number of hydrogen-bond donors (Lipinski definition) is 0. The first-order valence-electron chi connectivity index (χ1n) is 21.6. The Bertz CT molecular complexity index is 1100. The van der Waals surface area contributed by atoms with E-state index >= 15 is 0 Å². The third kappa shape index (κ3) is 9.54. The summed E-state index contributed by atoms with van der Waals surface area (Å²) >= 11 is 0. The SMILES string of the molecule is O=C(N1CCN(C(=O)N(C(=NC2CCCCC2)N2CCOCC2)C2CCCCC2)CC1)N(C(=NC1CCCCC1)N1CCOCC1)C1CCCCC1. The Kier molecular flexibility index (Phi) is 13.9. The number of rotatable bonds is 4. The number of hydrogen-bond acceptors (Lipinski definition) is 6. The van der Waals surface area contributed by atoms with Gasteiger partial charge in [-0.25, -0.2) is 19.6 Å². The molecule has 3 aliphatic heterocycles. The van der Waals surface area contributed by atoms with Crippen molar-refractivity contribution < 1.29 is 19.1 Å². The number of amides is 4. The molecule has 12 nitrogen and oxygen atoms in total. The summed E-state index contributed by atoms with van der Waals surface area (Å²) < 4.78 is 11.5. The lowest BCUT2D eigenvalue weighted by molar-refractivity contribution is 0.0555. The quantitative estimate of drug-likeness (QED) is 0.255. The van der Waals surface area contributed by atoms with Crippen LogP contribution in [0.25, 0.3) is 0 Å². The number of guanidine groups is 2. The Labute approximate surface area is 313 Å². The molecular weight excluding hydrogens is 656 g/mol. The second kappa shape index (κ2) is 19.1. The van der Waals surface area contributed by atoms with Crippen LogP contribution in [-0.2, 0) is 9.47 Å². The normalized spacial score (nSPS) is 26.1. The Morgan fingerprint density at radius 2 is 0.712 bits per heavy atom.